The number of rotatable bonds is 11. The van der Waals surface area contributed by atoms with Gasteiger partial charge in [0.2, 0.25) is 11.7 Å². The maximum Gasteiger partial charge on any atom is 0.311 e. The van der Waals surface area contributed by atoms with E-state index in [1.54, 1.807) is 6.92 Å². The predicted octanol–water partition coefficient (Wildman–Crippen LogP) is 3.48. The van der Waals surface area contributed by atoms with E-state index in [4.69, 9.17) is 9.47 Å². The van der Waals surface area contributed by atoms with Gasteiger partial charge in [0, 0.05) is 25.2 Å². The maximum absolute atomic E-state index is 13.1. The zero-order chi connectivity index (χ0) is 24.5. The normalized spacial score (nSPS) is 11.6. The second-order valence-electron chi connectivity index (χ2n) is 8.21. The minimum absolute atomic E-state index is 0.0306. The van der Waals surface area contributed by atoms with Gasteiger partial charge in [0.15, 0.2) is 6.61 Å². The van der Waals surface area contributed by atoms with Crippen LogP contribution in [0.3, 0.4) is 0 Å². The molecule has 9 heteroatoms. The molecule has 178 valence electrons. The molecule has 0 aromatic heterocycles. The van der Waals surface area contributed by atoms with Gasteiger partial charge >= 0.3 is 5.69 Å². The van der Waals surface area contributed by atoms with Crippen LogP contribution < -0.4 is 14.8 Å². The first kappa shape index (κ1) is 25.6. The molecule has 2 amide bonds. The molecule has 0 unspecified atom stereocenters. The molecule has 0 aliphatic heterocycles. The van der Waals surface area contributed by atoms with Crippen LogP contribution in [0.4, 0.5) is 5.69 Å². The lowest BCUT2D eigenvalue weighted by molar-refractivity contribution is -0.385. The van der Waals surface area contributed by atoms with E-state index in [9.17, 15) is 19.7 Å². The van der Waals surface area contributed by atoms with Crippen molar-refractivity contribution in [1.82, 2.24) is 10.2 Å². The Labute approximate surface area is 193 Å². The van der Waals surface area contributed by atoms with Gasteiger partial charge in [0.05, 0.1) is 12.0 Å². The molecular formula is C24H31N3O6. The standard InChI is InChI=1S/C24H31N3O6/c1-16(2)13-25-24(29)18(4)26(14-19-8-6-7-17(3)11-19)23(28)15-33-20-9-10-21(27(30)31)22(12-20)32-5/h6-12,16,18H,13-15H2,1-5H3,(H,25,29)/t18-/m0/s1. The van der Waals surface area contributed by atoms with Crippen LogP contribution in [0.2, 0.25) is 0 Å². The van der Waals surface area contributed by atoms with E-state index >= 15 is 0 Å². The number of nitrogens with zero attached hydrogens (tertiary/aromatic N) is 2. The number of hydrogen-bond acceptors (Lipinski definition) is 6. The third-order valence-electron chi connectivity index (χ3n) is 5.00. The molecule has 0 bridgehead atoms. The summed E-state index contributed by atoms with van der Waals surface area (Å²) in [6.45, 7) is 8.03. The summed E-state index contributed by atoms with van der Waals surface area (Å²) in [5.41, 5.74) is 1.74. The van der Waals surface area contributed by atoms with Crippen LogP contribution in [0.5, 0.6) is 11.5 Å². The average molecular weight is 458 g/mol. The lowest BCUT2D eigenvalue weighted by atomic mass is 10.1. The van der Waals surface area contributed by atoms with E-state index in [-0.39, 0.29) is 48.1 Å². The molecule has 0 saturated heterocycles. The number of ether oxygens (including phenoxy) is 2. The predicted molar refractivity (Wildman–Crippen MR) is 124 cm³/mol. The average Bonchev–Trinajstić information content (AvgIpc) is 2.78. The van der Waals surface area contributed by atoms with E-state index in [2.05, 4.69) is 5.32 Å². The molecule has 0 radical (unpaired) electrons. The zero-order valence-corrected chi connectivity index (χ0v) is 19.7. The Morgan fingerprint density at radius 2 is 1.88 bits per heavy atom. The summed E-state index contributed by atoms with van der Waals surface area (Å²) < 4.78 is 10.6. The van der Waals surface area contributed by atoms with Gasteiger partial charge < -0.3 is 19.7 Å². The monoisotopic (exact) mass is 457 g/mol. The van der Waals surface area contributed by atoms with Crippen LogP contribution in [-0.4, -0.2) is 47.9 Å². The molecule has 0 heterocycles. The molecule has 33 heavy (non-hydrogen) atoms. The van der Waals surface area contributed by atoms with Gasteiger partial charge in [-0.1, -0.05) is 43.7 Å². The number of carbonyl (C=O) groups is 2. The molecule has 1 atom stereocenters. The summed E-state index contributed by atoms with van der Waals surface area (Å²) in [5, 5.41) is 13.9. The first-order valence-electron chi connectivity index (χ1n) is 10.7. The first-order chi connectivity index (χ1) is 15.6. The number of benzene rings is 2. The third kappa shape index (κ3) is 7.48. The fourth-order valence-electron chi connectivity index (χ4n) is 3.17. The summed E-state index contributed by atoms with van der Waals surface area (Å²) in [6.07, 6.45) is 0. The fourth-order valence-corrected chi connectivity index (χ4v) is 3.17. The Kier molecular flexibility index (Phi) is 9.20. The van der Waals surface area contributed by atoms with Crippen molar-refractivity contribution in [2.24, 2.45) is 5.92 Å². The van der Waals surface area contributed by atoms with Gasteiger partial charge in [-0.25, -0.2) is 0 Å². The number of nitro groups is 1. The lowest BCUT2D eigenvalue weighted by Gasteiger charge is -2.29. The SMILES string of the molecule is COc1cc(OCC(=O)N(Cc2cccc(C)c2)[C@@H](C)C(=O)NCC(C)C)ccc1[N+](=O)[O-]. The highest BCUT2D eigenvalue weighted by Gasteiger charge is 2.27. The second-order valence-corrected chi connectivity index (χ2v) is 8.21. The van der Waals surface area contributed by atoms with E-state index in [0.717, 1.165) is 11.1 Å². The summed E-state index contributed by atoms with van der Waals surface area (Å²) in [7, 11) is 1.32. The quantitative estimate of drug-likeness (QED) is 0.409. The Bertz CT molecular complexity index is 992. The van der Waals surface area contributed by atoms with Gasteiger partial charge in [-0.15, -0.1) is 0 Å². The van der Waals surface area contributed by atoms with E-state index < -0.39 is 11.0 Å². The Morgan fingerprint density at radius 1 is 1.15 bits per heavy atom. The number of nitrogens with one attached hydrogen (secondary N) is 1. The molecule has 2 aromatic carbocycles. The fraction of sp³-hybridized carbons (Fsp3) is 0.417. The topological polar surface area (TPSA) is 111 Å². The van der Waals surface area contributed by atoms with Crippen molar-refractivity contribution < 1.29 is 24.0 Å². The third-order valence-corrected chi connectivity index (χ3v) is 5.00. The summed E-state index contributed by atoms with van der Waals surface area (Å²) in [6, 6.07) is 11.0. The van der Waals surface area contributed by atoms with Crippen molar-refractivity contribution in [3.63, 3.8) is 0 Å². The van der Waals surface area contributed by atoms with Crippen LogP contribution in [0.15, 0.2) is 42.5 Å². The molecule has 0 fully saturated rings. The number of amides is 2. The molecule has 1 N–H and O–H groups in total. The summed E-state index contributed by atoms with van der Waals surface area (Å²) >= 11 is 0. The van der Waals surface area contributed by atoms with E-state index in [1.807, 2.05) is 45.0 Å². The van der Waals surface area contributed by atoms with Gasteiger partial charge in [-0.2, -0.15) is 0 Å². The van der Waals surface area contributed by atoms with Crippen LogP contribution >= 0.6 is 0 Å². The highest BCUT2D eigenvalue weighted by Crippen LogP contribution is 2.30. The van der Waals surface area contributed by atoms with E-state index in [1.165, 1.54) is 30.2 Å². The summed E-state index contributed by atoms with van der Waals surface area (Å²) in [5.74, 6) is -0.0773. The molecule has 9 nitrogen and oxygen atoms in total. The van der Waals surface area contributed by atoms with Gasteiger partial charge in [-0.3, -0.25) is 19.7 Å². The van der Waals surface area contributed by atoms with Gasteiger partial charge in [0.1, 0.15) is 11.8 Å². The van der Waals surface area contributed by atoms with Crippen molar-refractivity contribution in [3.05, 3.63) is 63.7 Å². The van der Waals surface area contributed by atoms with Crippen molar-refractivity contribution in [2.75, 3.05) is 20.3 Å². The smallest absolute Gasteiger partial charge is 0.311 e. The molecule has 0 aliphatic rings. The minimum atomic E-state index is -0.716. The van der Waals surface area contributed by atoms with Crippen molar-refractivity contribution in [1.29, 1.82) is 0 Å². The van der Waals surface area contributed by atoms with Crippen molar-refractivity contribution in [2.45, 2.75) is 40.3 Å². The highest BCUT2D eigenvalue weighted by molar-refractivity contribution is 5.88. The molecule has 2 rings (SSSR count). The van der Waals surface area contributed by atoms with Gasteiger partial charge in [-0.05, 0) is 31.4 Å². The van der Waals surface area contributed by atoms with Crippen molar-refractivity contribution in [3.8, 4) is 11.5 Å². The largest absolute Gasteiger partial charge is 0.490 e. The van der Waals surface area contributed by atoms with Crippen LogP contribution in [-0.2, 0) is 16.1 Å². The highest BCUT2D eigenvalue weighted by atomic mass is 16.6. The molecule has 0 saturated carbocycles. The van der Waals surface area contributed by atoms with Crippen LogP contribution in [0.1, 0.15) is 31.9 Å². The van der Waals surface area contributed by atoms with Crippen LogP contribution in [0.25, 0.3) is 0 Å². The Hall–Kier alpha value is -3.62. The molecule has 0 aliphatic carbocycles. The zero-order valence-electron chi connectivity index (χ0n) is 19.7. The van der Waals surface area contributed by atoms with Crippen molar-refractivity contribution >= 4 is 17.5 Å². The number of nitro benzene ring substituents is 1. The Balaban J connectivity index is 2.18. The number of hydrogen-bond donors (Lipinski definition) is 1. The molecule has 0 spiro atoms. The number of aryl methyl sites for hydroxylation is 1. The summed E-state index contributed by atoms with van der Waals surface area (Å²) in [4.78, 5) is 37.8. The van der Waals surface area contributed by atoms with Gasteiger partial charge in [0.25, 0.3) is 5.91 Å². The molecular weight excluding hydrogens is 426 g/mol. The lowest BCUT2D eigenvalue weighted by Crippen LogP contribution is -2.49. The maximum atomic E-state index is 13.1. The Morgan fingerprint density at radius 3 is 2.48 bits per heavy atom. The minimum Gasteiger partial charge on any atom is -0.490 e. The second kappa shape index (κ2) is 11.8. The number of carbonyl (C=O) groups excluding carboxylic acids is 2. The number of methoxy groups -OCH3 is 1. The van der Waals surface area contributed by atoms with Crippen LogP contribution in [0, 0.1) is 23.0 Å². The first-order valence-corrected chi connectivity index (χ1v) is 10.7. The molecule has 2 aromatic rings. The van der Waals surface area contributed by atoms with E-state index in [0.29, 0.717) is 6.54 Å².